The molecule has 1 aliphatic heterocycles. The maximum atomic E-state index is 6.26. The summed E-state index contributed by atoms with van der Waals surface area (Å²) >= 11 is 1.94. The molecule has 6 heterocycles. The lowest BCUT2D eigenvalue weighted by molar-refractivity contribution is 0.125. The van der Waals surface area contributed by atoms with Crippen LogP contribution in [0.25, 0.3) is 38.4 Å². The van der Waals surface area contributed by atoms with E-state index in [0.29, 0.717) is 23.2 Å². The SMILES string of the molecule is Cc1c(CN2CCN(CCn3ccc4c3nc(N)n3nc(-c5ccco5)nc43)CC2)sc2ccccc12. The molecule has 1 saturated heterocycles. The summed E-state index contributed by atoms with van der Waals surface area (Å²) in [6.07, 6.45) is 3.68. The smallest absolute Gasteiger partial charge is 0.225 e. The molecule has 0 unspecified atom stereocenters. The Morgan fingerprint density at radius 2 is 1.76 bits per heavy atom. The number of benzene rings is 1. The number of aryl methyl sites for hydroxylation is 1. The second kappa shape index (κ2) is 8.98. The van der Waals surface area contributed by atoms with Crippen LogP contribution >= 0.6 is 11.3 Å². The van der Waals surface area contributed by atoms with E-state index in [2.05, 4.69) is 66.8 Å². The van der Waals surface area contributed by atoms with Crippen molar-refractivity contribution >= 4 is 44.1 Å². The highest BCUT2D eigenvalue weighted by atomic mass is 32.1. The molecule has 6 aromatic rings. The number of hydrogen-bond donors (Lipinski definition) is 1. The summed E-state index contributed by atoms with van der Waals surface area (Å²) in [5.41, 5.74) is 9.23. The molecule has 0 amide bonds. The van der Waals surface area contributed by atoms with Gasteiger partial charge in [-0.25, -0.2) is 4.98 Å². The number of fused-ring (bicyclic) bond motifs is 4. The van der Waals surface area contributed by atoms with E-state index in [4.69, 9.17) is 10.2 Å². The van der Waals surface area contributed by atoms with E-state index in [9.17, 15) is 0 Å². The first-order valence-electron chi connectivity index (χ1n) is 12.6. The number of aromatic nitrogens is 5. The van der Waals surface area contributed by atoms with Crippen molar-refractivity contribution in [2.75, 3.05) is 38.5 Å². The van der Waals surface area contributed by atoms with Crippen molar-refractivity contribution in [3.05, 3.63) is 65.4 Å². The van der Waals surface area contributed by atoms with Gasteiger partial charge in [-0.3, -0.25) is 9.80 Å². The lowest BCUT2D eigenvalue weighted by atomic mass is 10.1. The summed E-state index contributed by atoms with van der Waals surface area (Å²) < 4.78 is 10.6. The van der Waals surface area contributed by atoms with Gasteiger partial charge in [0.15, 0.2) is 11.4 Å². The van der Waals surface area contributed by atoms with E-state index in [1.165, 1.54) is 20.5 Å². The van der Waals surface area contributed by atoms with Gasteiger partial charge in [0.2, 0.25) is 11.8 Å². The summed E-state index contributed by atoms with van der Waals surface area (Å²) in [6, 6.07) is 14.4. The monoisotopic (exact) mass is 512 g/mol. The molecule has 0 saturated carbocycles. The third-order valence-electron chi connectivity index (χ3n) is 7.39. The molecule has 7 rings (SSSR count). The molecule has 1 aromatic carbocycles. The fourth-order valence-electron chi connectivity index (χ4n) is 5.26. The van der Waals surface area contributed by atoms with E-state index in [1.54, 1.807) is 10.8 Å². The molecule has 0 aliphatic carbocycles. The van der Waals surface area contributed by atoms with Gasteiger partial charge in [-0.2, -0.15) is 9.50 Å². The second-order valence-corrected chi connectivity index (χ2v) is 10.8. The highest BCUT2D eigenvalue weighted by molar-refractivity contribution is 7.19. The molecule has 9 nitrogen and oxygen atoms in total. The van der Waals surface area contributed by atoms with Crippen LogP contribution in [0.4, 0.5) is 5.95 Å². The van der Waals surface area contributed by atoms with Gasteiger partial charge in [-0.1, -0.05) is 18.2 Å². The Kier molecular flexibility index (Phi) is 5.45. The molecule has 0 radical (unpaired) electrons. The predicted molar refractivity (Wildman–Crippen MR) is 147 cm³/mol. The minimum Gasteiger partial charge on any atom is -0.461 e. The summed E-state index contributed by atoms with van der Waals surface area (Å²) in [5, 5.41) is 6.82. The Morgan fingerprint density at radius 1 is 0.919 bits per heavy atom. The molecular formula is C27H28N8OS. The topological polar surface area (TPSA) is 93.7 Å². The van der Waals surface area contributed by atoms with Gasteiger partial charge in [0.1, 0.15) is 5.65 Å². The van der Waals surface area contributed by atoms with Crippen LogP contribution < -0.4 is 5.73 Å². The lowest BCUT2D eigenvalue weighted by Crippen LogP contribution is -2.46. The van der Waals surface area contributed by atoms with Crippen LogP contribution in [-0.2, 0) is 13.1 Å². The summed E-state index contributed by atoms with van der Waals surface area (Å²) in [5.74, 6) is 1.43. The Hall–Kier alpha value is -3.73. The van der Waals surface area contributed by atoms with Crippen LogP contribution in [0.2, 0.25) is 0 Å². The van der Waals surface area contributed by atoms with Gasteiger partial charge < -0.3 is 14.7 Å². The van der Waals surface area contributed by atoms with E-state index in [0.717, 1.165) is 56.8 Å². The zero-order valence-electron chi connectivity index (χ0n) is 20.7. The van der Waals surface area contributed by atoms with E-state index >= 15 is 0 Å². The molecule has 1 fully saturated rings. The van der Waals surface area contributed by atoms with Crippen LogP contribution in [0, 0.1) is 6.92 Å². The van der Waals surface area contributed by atoms with Crippen molar-refractivity contribution in [1.82, 2.24) is 33.9 Å². The fraction of sp³-hybridized carbons (Fsp3) is 0.296. The largest absolute Gasteiger partial charge is 0.461 e. The number of nitrogens with two attached hydrogens (primary N) is 1. The fourth-order valence-corrected chi connectivity index (χ4v) is 6.51. The van der Waals surface area contributed by atoms with Crippen LogP contribution in [0.15, 0.2) is 59.3 Å². The van der Waals surface area contributed by atoms with Gasteiger partial charge in [-0.05, 0) is 42.1 Å². The van der Waals surface area contributed by atoms with Crippen molar-refractivity contribution in [1.29, 1.82) is 0 Å². The van der Waals surface area contributed by atoms with Crippen molar-refractivity contribution in [3.8, 4) is 11.6 Å². The first-order chi connectivity index (χ1) is 18.1. The molecule has 37 heavy (non-hydrogen) atoms. The zero-order valence-corrected chi connectivity index (χ0v) is 21.5. The van der Waals surface area contributed by atoms with E-state index in [1.807, 2.05) is 29.5 Å². The molecule has 10 heteroatoms. The predicted octanol–water partition coefficient (Wildman–Crippen LogP) is 4.26. The second-order valence-electron chi connectivity index (χ2n) is 9.63. The summed E-state index contributed by atoms with van der Waals surface area (Å²) in [7, 11) is 0. The number of furan rings is 1. The number of hydrogen-bond acceptors (Lipinski definition) is 8. The highest BCUT2D eigenvalue weighted by Crippen LogP contribution is 2.31. The van der Waals surface area contributed by atoms with Crippen LogP contribution in [-0.4, -0.2) is 66.7 Å². The van der Waals surface area contributed by atoms with Crippen molar-refractivity contribution in [2.45, 2.75) is 20.0 Å². The third-order valence-corrected chi connectivity index (χ3v) is 8.65. The average molecular weight is 513 g/mol. The Bertz CT molecular complexity index is 1710. The number of rotatable bonds is 6. The highest BCUT2D eigenvalue weighted by Gasteiger charge is 2.20. The minimum absolute atomic E-state index is 0.318. The number of nitrogens with zero attached hydrogens (tertiary/aromatic N) is 7. The number of thiophene rings is 1. The van der Waals surface area contributed by atoms with E-state index in [-0.39, 0.29) is 0 Å². The molecular weight excluding hydrogens is 484 g/mol. The number of nitrogen functional groups attached to an aromatic ring is 1. The van der Waals surface area contributed by atoms with E-state index < -0.39 is 0 Å². The Morgan fingerprint density at radius 3 is 2.57 bits per heavy atom. The first-order valence-corrected chi connectivity index (χ1v) is 13.4. The standard InChI is InChI=1S/C27H28N8OS/c1-18-19-5-2-3-7-22(19)37-23(18)17-33-12-10-32(11-13-33)14-15-34-9-8-20-25(34)30-27(28)35-26(20)29-24(31-35)21-6-4-16-36-21/h2-9,16H,10-15,17H2,1H3,(H2,28,30). The molecule has 1 aliphatic rings. The summed E-state index contributed by atoms with van der Waals surface area (Å²) in [4.78, 5) is 15.9. The molecule has 0 bridgehead atoms. The molecule has 5 aromatic heterocycles. The van der Waals surface area contributed by atoms with Crippen molar-refractivity contribution in [3.63, 3.8) is 0 Å². The van der Waals surface area contributed by atoms with Crippen molar-refractivity contribution < 1.29 is 4.42 Å². The van der Waals surface area contributed by atoms with Gasteiger partial charge in [-0.15, -0.1) is 16.4 Å². The van der Waals surface area contributed by atoms with Gasteiger partial charge >= 0.3 is 0 Å². The number of anilines is 1. The molecule has 188 valence electrons. The average Bonchev–Trinajstić information content (AvgIpc) is 3.71. The Balaban J connectivity index is 1.02. The first kappa shape index (κ1) is 22.5. The van der Waals surface area contributed by atoms with Gasteiger partial charge in [0.05, 0.1) is 11.6 Å². The summed E-state index contributed by atoms with van der Waals surface area (Å²) in [6.45, 7) is 9.43. The van der Waals surface area contributed by atoms with Gasteiger partial charge in [0.25, 0.3) is 0 Å². The maximum absolute atomic E-state index is 6.26. The van der Waals surface area contributed by atoms with Crippen LogP contribution in [0.3, 0.4) is 0 Å². The normalized spacial score (nSPS) is 15.5. The molecule has 2 N–H and O–H groups in total. The van der Waals surface area contributed by atoms with Crippen molar-refractivity contribution in [2.24, 2.45) is 0 Å². The molecule has 0 spiro atoms. The van der Waals surface area contributed by atoms with Crippen LogP contribution in [0.5, 0.6) is 0 Å². The number of piperazine rings is 1. The minimum atomic E-state index is 0.318. The van der Waals surface area contributed by atoms with Crippen LogP contribution in [0.1, 0.15) is 10.4 Å². The molecule has 0 atom stereocenters. The third kappa shape index (κ3) is 3.97. The zero-order chi connectivity index (χ0) is 24.9. The Labute approximate surface area is 217 Å². The maximum Gasteiger partial charge on any atom is 0.225 e. The quantitative estimate of drug-likeness (QED) is 0.356. The lowest BCUT2D eigenvalue weighted by Gasteiger charge is -2.34. The van der Waals surface area contributed by atoms with Gasteiger partial charge in [0, 0.05) is 61.6 Å².